The van der Waals surface area contributed by atoms with Crippen LogP contribution in [0.4, 0.5) is 0 Å². The molecule has 7 heteroatoms. The van der Waals surface area contributed by atoms with Crippen LogP contribution in [0.15, 0.2) is 41.3 Å². The molecule has 1 aliphatic heterocycles. The SMILES string of the molecule is COc1ccc2ccccc2c1/C=C1\SC(=S)N([C@H](C)C(=O)[O-])C1=O. The van der Waals surface area contributed by atoms with Crippen LogP contribution in [0.3, 0.4) is 0 Å². The zero-order chi connectivity index (χ0) is 18.1. The number of ether oxygens (including phenoxy) is 1. The highest BCUT2D eigenvalue weighted by molar-refractivity contribution is 8.26. The predicted octanol–water partition coefficient (Wildman–Crippen LogP) is 2.19. The minimum Gasteiger partial charge on any atom is -0.548 e. The number of hydrogen-bond acceptors (Lipinski definition) is 6. The lowest BCUT2D eigenvalue weighted by molar-refractivity contribution is -0.309. The molecule has 2 aromatic rings. The Hall–Kier alpha value is -2.38. The van der Waals surface area contributed by atoms with E-state index in [-0.39, 0.29) is 4.32 Å². The summed E-state index contributed by atoms with van der Waals surface area (Å²) in [5, 5.41) is 13.0. The van der Waals surface area contributed by atoms with Crippen LogP contribution in [0.2, 0.25) is 0 Å². The predicted molar refractivity (Wildman–Crippen MR) is 100.0 cm³/mol. The van der Waals surface area contributed by atoms with Crippen molar-refractivity contribution in [3.05, 3.63) is 46.9 Å². The zero-order valence-corrected chi connectivity index (χ0v) is 15.1. The summed E-state index contributed by atoms with van der Waals surface area (Å²) in [7, 11) is 1.56. The third-order valence-electron chi connectivity index (χ3n) is 3.98. The Balaban J connectivity index is 2.10. The van der Waals surface area contributed by atoms with Gasteiger partial charge in [-0.3, -0.25) is 9.69 Å². The summed E-state index contributed by atoms with van der Waals surface area (Å²) in [4.78, 5) is 25.1. The van der Waals surface area contributed by atoms with Crippen molar-refractivity contribution in [3.63, 3.8) is 0 Å². The third-order valence-corrected chi connectivity index (χ3v) is 5.31. The van der Waals surface area contributed by atoms with Gasteiger partial charge in [-0.25, -0.2) is 0 Å². The second kappa shape index (κ2) is 6.85. The number of rotatable bonds is 4. The molecule has 3 rings (SSSR count). The largest absolute Gasteiger partial charge is 0.548 e. The van der Waals surface area contributed by atoms with Crippen LogP contribution in [0.1, 0.15) is 12.5 Å². The number of carbonyl (C=O) groups excluding carboxylic acids is 2. The maximum Gasteiger partial charge on any atom is 0.266 e. The van der Waals surface area contributed by atoms with E-state index in [1.165, 1.54) is 6.92 Å². The second-order valence-corrected chi connectivity index (χ2v) is 7.13. The Labute approximate surface area is 154 Å². The molecule has 0 unspecified atom stereocenters. The normalized spacial score (nSPS) is 17.4. The Kier molecular flexibility index (Phi) is 4.78. The van der Waals surface area contributed by atoms with Crippen LogP contribution < -0.4 is 9.84 Å². The first-order valence-corrected chi connectivity index (χ1v) is 8.70. The van der Waals surface area contributed by atoms with E-state index in [0.717, 1.165) is 33.0 Å². The number of carboxylic acid groups (broad SMARTS) is 1. The van der Waals surface area contributed by atoms with Gasteiger partial charge in [0.1, 0.15) is 10.1 Å². The number of hydrogen-bond donors (Lipinski definition) is 0. The van der Waals surface area contributed by atoms with Crippen LogP contribution in [-0.4, -0.2) is 34.2 Å². The number of fused-ring (bicyclic) bond motifs is 1. The Morgan fingerprint density at radius 1 is 1.32 bits per heavy atom. The molecule has 25 heavy (non-hydrogen) atoms. The molecule has 1 heterocycles. The van der Waals surface area contributed by atoms with Gasteiger partial charge in [0.2, 0.25) is 0 Å². The number of methoxy groups -OCH3 is 1. The number of thiocarbonyl (C=S) groups is 1. The molecule has 1 fully saturated rings. The molecule has 128 valence electrons. The summed E-state index contributed by atoms with van der Waals surface area (Å²) in [6.07, 6.45) is 1.70. The van der Waals surface area contributed by atoms with Crippen molar-refractivity contribution in [2.75, 3.05) is 7.11 Å². The van der Waals surface area contributed by atoms with E-state index in [1.807, 2.05) is 36.4 Å². The molecule has 1 saturated heterocycles. The summed E-state index contributed by atoms with van der Waals surface area (Å²) in [6, 6.07) is 10.4. The van der Waals surface area contributed by atoms with Gasteiger partial charge in [-0.2, -0.15) is 0 Å². The first-order chi connectivity index (χ1) is 11.9. The van der Waals surface area contributed by atoms with Crippen LogP contribution in [0.25, 0.3) is 16.8 Å². The molecule has 0 spiro atoms. The highest BCUT2D eigenvalue weighted by Crippen LogP contribution is 2.37. The lowest BCUT2D eigenvalue weighted by atomic mass is 10.0. The van der Waals surface area contributed by atoms with Crippen molar-refractivity contribution in [3.8, 4) is 5.75 Å². The molecule has 0 saturated carbocycles. The van der Waals surface area contributed by atoms with Crippen molar-refractivity contribution >= 4 is 57.0 Å². The van der Waals surface area contributed by atoms with E-state index in [0.29, 0.717) is 10.7 Å². The minimum absolute atomic E-state index is 0.201. The van der Waals surface area contributed by atoms with Crippen molar-refractivity contribution < 1.29 is 19.4 Å². The van der Waals surface area contributed by atoms with Crippen molar-refractivity contribution in [1.29, 1.82) is 0 Å². The maximum absolute atomic E-state index is 12.6. The molecule has 1 aliphatic rings. The Bertz CT molecular complexity index is 922. The topological polar surface area (TPSA) is 69.7 Å². The lowest BCUT2D eigenvalue weighted by Gasteiger charge is -2.23. The second-order valence-electron chi connectivity index (χ2n) is 5.45. The van der Waals surface area contributed by atoms with Crippen molar-refractivity contribution in [2.45, 2.75) is 13.0 Å². The monoisotopic (exact) mass is 372 g/mol. The fourth-order valence-corrected chi connectivity index (χ4v) is 4.05. The number of carboxylic acids is 1. The smallest absolute Gasteiger partial charge is 0.266 e. The van der Waals surface area contributed by atoms with Crippen LogP contribution in [0, 0.1) is 0 Å². The number of amides is 1. The zero-order valence-electron chi connectivity index (χ0n) is 13.5. The van der Waals surface area contributed by atoms with Crippen molar-refractivity contribution in [1.82, 2.24) is 4.90 Å². The molecule has 1 atom stereocenters. The van der Waals surface area contributed by atoms with E-state index in [4.69, 9.17) is 17.0 Å². The Morgan fingerprint density at radius 2 is 2.04 bits per heavy atom. The van der Waals surface area contributed by atoms with E-state index in [1.54, 1.807) is 13.2 Å². The number of thioether (sulfide) groups is 1. The van der Waals surface area contributed by atoms with Gasteiger partial charge in [-0.05, 0) is 29.8 Å². The summed E-state index contributed by atoms with van der Waals surface area (Å²) < 4.78 is 5.62. The average molecular weight is 372 g/mol. The molecule has 1 amide bonds. The fourth-order valence-electron chi connectivity index (χ4n) is 2.65. The summed E-state index contributed by atoms with van der Waals surface area (Å²) >= 11 is 6.24. The molecule has 0 aliphatic carbocycles. The van der Waals surface area contributed by atoms with Gasteiger partial charge in [0.05, 0.1) is 24.0 Å². The summed E-state index contributed by atoms with van der Waals surface area (Å²) in [5.74, 6) is -1.17. The summed E-state index contributed by atoms with van der Waals surface area (Å²) in [6.45, 7) is 1.38. The fraction of sp³-hybridized carbons (Fsp3) is 0.167. The number of benzene rings is 2. The Morgan fingerprint density at radius 3 is 2.72 bits per heavy atom. The number of aliphatic carboxylic acids is 1. The van der Waals surface area contributed by atoms with Gasteiger partial charge < -0.3 is 14.6 Å². The van der Waals surface area contributed by atoms with Gasteiger partial charge in [-0.1, -0.05) is 54.3 Å². The molecule has 5 nitrogen and oxygen atoms in total. The average Bonchev–Trinajstić information content (AvgIpc) is 2.88. The van der Waals surface area contributed by atoms with E-state index >= 15 is 0 Å². The highest BCUT2D eigenvalue weighted by Gasteiger charge is 2.36. The van der Waals surface area contributed by atoms with Gasteiger partial charge >= 0.3 is 0 Å². The van der Waals surface area contributed by atoms with E-state index in [2.05, 4.69) is 0 Å². The first-order valence-electron chi connectivity index (χ1n) is 7.47. The maximum atomic E-state index is 12.6. The first kappa shape index (κ1) is 17.4. The summed E-state index contributed by atoms with van der Waals surface area (Å²) in [5.41, 5.74) is 0.752. The van der Waals surface area contributed by atoms with Gasteiger partial charge in [0.25, 0.3) is 5.91 Å². The molecule has 0 aromatic heterocycles. The van der Waals surface area contributed by atoms with Crippen LogP contribution in [-0.2, 0) is 9.59 Å². The van der Waals surface area contributed by atoms with Gasteiger partial charge in [-0.15, -0.1) is 0 Å². The lowest BCUT2D eigenvalue weighted by Crippen LogP contribution is -2.48. The molecular formula is C18H14NO4S2-. The molecule has 0 N–H and O–H groups in total. The van der Waals surface area contributed by atoms with E-state index in [9.17, 15) is 14.7 Å². The highest BCUT2D eigenvalue weighted by atomic mass is 32.2. The molecule has 2 aromatic carbocycles. The standard InChI is InChI=1S/C18H15NO4S2/c1-10(17(21)22)19-16(20)15(25-18(19)24)9-13-12-6-4-3-5-11(12)7-8-14(13)23-2/h3-10H,1-2H3,(H,21,22)/p-1/b15-9-/t10-/m1/s1. The van der Waals surface area contributed by atoms with E-state index < -0.39 is 17.9 Å². The quantitative estimate of drug-likeness (QED) is 0.605. The third kappa shape index (κ3) is 3.12. The number of carbonyl (C=O) groups is 2. The van der Waals surface area contributed by atoms with Crippen LogP contribution in [0.5, 0.6) is 5.75 Å². The molecular weight excluding hydrogens is 358 g/mol. The minimum atomic E-state index is -1.35. The van der Waals surface area contributed by atoms with Crippen molar-refractivity contribution in [2.24, 2.45) is 0 Å². The number of nitrogens with zero attached hydrogens (tertiary/aromatic N) is 1. The molecule has 0 bridgehead atoms. The van der Waals surface area contributed by atoms with Crippen LogP contribution >= 0.6 is 24.0 Å². The van der Waals surface area contributed by atoms with Gasteiger partial charge in [0, 0.05) is 5.56 Å². The molecule has 0 radical (unpaired) electrons. The van der Waals surface area contributed by atoms with Gasteiger partial charge in [0.15, 0.2) is 0 Å².